The van der Waals surface area contributed by atoms with Gasteiger partial charge >= 0.3 is 0 Å². The Morgan fingerprint density at radius 3 is 2.50 bits per heavy atom. The summed E-state index contributed by atoms with van der Waals surface area (Å²) in [6.45, 7) is 12.9. The number of carbonyl (C=O) groups is 1. The molecule has 0 aliphatic rings. The van der Waals surface area contributed by atoms with E-state index in [1.807, 2.05) is 19.1 Å². The molecule has 1 amide bonds. The van der Waals surface area contributed by atoms with E-state index in [1.54, 1.807) is 0 Å². The molecule has 28 heavy (non-hydrogen) atoms. The minimum Gasteiger partial charge on any atom is -0.441 e. The fraction of sp³-hybridized carbons (Fsp3) is 0.545. The monoisotopic (exact) mass is 387 g/mol. The normalized spacial score (nSPS) is 11.2. The zero-order valence-electron chi connectivity index (χ0n) is 17.6. The van der Waals surface area contributed by atoms with Crippen molar-refractivity contribution in [3.05, 3.63) is 41.3 Å². The first-order valence-corrected chi connectivity index (χ1v) is 10.2. The second-order valence-corrected chi connectivity index (χ2v) is 6.74. The van der Waals surface area contributed by atoms with Crippen molar-refractivity contribution in [2.24, 2.45) is 0 Å². The fourth-order valence-corrected chi connectivity index (χ4v) is 2.91. The van der Waals surface area contributed by atoms with Gasteiger partial charge in [-0.1, -0.05) is 32.9 Å². The molecule has 0 aliphatic heterocycles. The summed E-state index contributed by atoms with van der Waals surface area (Å²) in [4.78, 5) is 19.0. The number of benzene rings is 1. The molecule has 0 saturated heterocycles. The van der Waals surface area contributed by atoms with Gasteiger partial charge in [-0.2, -0.15) is 0 Å². The predicted molar refractivity (Wildman–Crippen MR) is 111 cm³/mol. The van der Waals surface area contributed by atoms with E-state index in [9.17, 15) is 4.79 Å². The molecule has 6 heteroatoms. The van der Waals surface area contributed by atoms with Gasteiger partial charge < -0.3 is 19.4 Å². The van der Waals surface area contributed by atoms with E-state index in [-0.39, 0.29) is 12.3 Å². The number of carbonyl (C=O) groups excluding carboxylic acids is 1. The van der Waals surface area contributed by atoms with E-state index in [0.717, 1.165) is 31.6 Å². The summed E-state index contributed by atoms with van der Waals surface area (Å²) in [7, 11) is 0. The van der Waals surface area contributed by atoms with E-state index < -0.39 is 0 Å². The largest absolute Gasteiger partial charge is 0.441 e. The molecular formula is C22H33N3O3. The van der Waals surface area contributed by atoms with Crippen LogP contribution in [0.1, 0.15) is 37.8 Å². The lowest BCUT2D eigenvalue weighted by atomic mass is 10.1. The molecule has 0 radical (unpaired) electrons. The van der Waals surface area contributed by atoms with Crippen LogP contribution in [-0.2, 0) is 22.4 Å². The van der Waals surface area contributed by atoms with Crippen molar-refractivity contribution in [1.82, 2.24) is 15.2 Å². The van der Waals surface area contributed by atoms with Crippen LogP contribution < -0.4 is 5.32 Å². The fourth-order valence-electron chi connectivity index (χ4n) is 2.91. The Kier molecular flexibility index (Phi) is 9.17. The summed E-state index contributed by atoms with van der Waals surface area (Å²) in [5, 5.41) is 2.88. The number of hydrogen-bond donors (Lipinski definition) is 1. The standard InChI is InChI=1S/C22H33N3O3/c1-5-18-8-10-19(11-9-18)22-24-20(17(4)28-22)16-21(26)23-12-14-27-15-13-25(6-2)7-3/h8-11H,5-7,12-16H2,1-4H3,(H,23,26). The number of ether oxygens (including phenoxy) is 1. The lowest BCUT2D eigenvalue weighted by Crippen LogP contribution is -2.31. The predicted octanol–water partition coefficient (Wildman–Crippen LogP) is 3.23. The second kappa shape index (κ2) is 11.6. The van der Waals surface area contributed by atoms with E-state index in [0.29, 0.717) is 37.1 Å². The quantitative estimate of drug-likeness (QED) is 0.566. The third-order valence-corrected chi connectivity index (χ3v) is 4.84. The summed E-state index contributed by atoms with van der Waals surface area (Å²) in [6, 6.07) is 8.15. The molecule has 0 atom stereocenters. The van der Waals surface area contributed by atoms with Crippen molar-refractivity contribution in [2.75, 3.05) is 39.4 Å². The van der Waals surface area contributed by atoms with Gasteiger partial charge in [0.1, 0.15) is 5.76 Å². The molecule has 0 spiro atoms. The van der Waals surface area contributed by atoms with Crippen LogP contribution in [0, 0.1) is 6.92 Å². The van der Waals surface area contributed by atoms with Gasteiger partial charge in [-0.3, -0.25) is 4.79 Å². The highest BCUT2D eigenvalue weighted by Gasteiger charge is 2.14. The van der Waals surface area contributed by atoms with Crippen molar-refractivity contribution in [2.45, 2.75) is 40.5 Å². The molecule has 0 fully saturated rings. The van der Waals surface area contributed by atoms with E-state index in [2.05, 4.69) is 48.1 Å². The van der Waals surface area contributed by atoms with Crippen molar-refractivity contribution in [3.63, 3.8) is 0 Å². The van der Waals surface area contributed by atoms with Crippen LogP contribution >= 0.6 is 0 Å². The van der Waals surface area contributed by atoms with Crippen LogP contribution in [0.3, 0.4) is 0 Å². The Bertz CT molecular complexity index is 721. The van der Waals surface area contributed by atoms with E-state index in [4.69, 9.17) is 9.15 Å². The first-order valence-electron chi connectivity index (χ1n) is 10.2. The summed E-state index contributed by atoms with van der Waals surface area (Å²) >= 11 is 0. The summed E-state index contributed by atoms with van der Waals surface area (Å²) < 4.78 is 11.3. The van der Waals surface area contributed by atoms with Crippen molar-refractivity contribution in [3.8, 4) is 11.5 Å². The van der Waals surface area contributed by atoms with Crippen LogP contribution in [0.15, 0.2) is 28.7 Å². The molecule has 0 bridgehead atoms. The van der Waals surface area contributed by atoms with Gasteiger partial charge in [-0.05, 0) is 44.1 Å². The molecular weight excluding hydrogens is 354 g/mol. The number of amides is 1. The summed E-state index contributed by atoms with van der Waals surface area (Å²) in [6.07, 6.45) is 1.21. The summed E-state index contributed by atoms with van der Waals surface area (Å²) in [5.41, 5.74) is 2.87. The van der Waals surface area contributed by atoms with Crippen molar-refractivity contribution in [1.29, 1.82) is 0 Å². The van der Waals surface area contributed by atoms with Crippen LogP contribution in [0.4, 0.5) is 0 Å². The highest BCUT2D eigenvalue weighted by atomic mass is 16.5. The number of rotatable bonds is 12. The minimum atomic E-state index is -0.0726. The Hall–Kier alpha value is -2.18. The summed E-state index contributed by atoms with van der Waals surface area (Å²) in [5.74, 6) is 1.17. The minimum absolute atomic E-state index is 0.0726. The Balaban J connectivity index is 1.75. The second-order valence-electron chi connectivity index (χ2n) is 6.74. The smallest absolute Gasteiger partial charge is 0.226 e. The average molecular weight is 388 g/mol. The highest BCUT2D eigenvalue weighted by Crippen LogP contribution is 2.22. The lowest BCUT2D eigenvalue weighted by Gasteiger charge is -2.17. The first kappa shape index (κ1) is 22.1. The van der Waals surface area contributed by atoms with Crippen molar-refractivity contribution >= 4 is 5.91 Å². The number of nitrogens with zero attached hydrogens (tertiary/aromatic N) is 2. The van der Waals surface area contributed by atoms with Gasteiger partial charge in [0.25, 0.3) is 0 Å². The lowest BCUT2D eigenvalue weighted by molar-refractivity contribution is -0.120. The van der Waals surface area contributed by atoms with Crippen molar-refractivity contribution < 1.29 is 13.9 Å². The first-order chi connectivity index (χ1) is 13.6. The zero-order chi connectivity index (χ0) is 20.4. The number of likely N-dealkylation sites (N-methyl/N-ethyl adjacent to an activating group) is 1. The maximum absolute atomic E-state index is 12.2. The van der Waals surface area contributed by atoms with Gasteiger partial charge in [-0.15, -0.1) is 0 Å². The number of aromatic nitrogens is 1. The van der Waals surface area contributed by atoms with E-state index in [1.165, 1.54) is 5.56 Å². The van der Waals surface area contributed by atoms with Gasteiger partial charge in [0.05, 0.1) is 25.3 Å². The van der Waals surface area contributed by atoms with Crippen LogP contribution in [0.2, 0.25) is 0 Å². The third kappa shape index (κ3) is 6.77. The molecule has 1 heterocycles. The molecule has 2 rings (SSSR count). The molecule has 1 aromatic heterocycles. The number of hydrogen-bond acceptors (Lipinski definition) is 5. The molecule has 0 saturated carbocycles. The number of nitrogens with one attached hydrogen (secondary N) is 1. The molecule has 6 nitrogen and oxygen atoms in total. The molecule has 154 valence electrons. The molecule has 2 aromatic rings. The van der Waals surface area contributed by atoms with Crippen LogP contribution in [0.25, 0.3) is 11.5 Å². The van der Waals surface area contributed by atoms with Gasteiger partial charge in [0.15, 0.2) is 0 Å². The number of oxazole rings is 1. The molecule has 0 aliphatic carbocycles. The Morgan fingerprint density at radius 2 is 1.86 bits per heavy atom. The zero-order valence-corrected chi connectivity index (χ0v) is 17.6. The highest BCUT2D eigenvalue weighted by molar-refractivity contribution is 5.78. The molecule has 1 N–H and O–H groups in total. The maximum Gasteiger partial charge on any atom is 0.226 e. The maximum atomic E-state index is 12.2. The van der Waals surface area contributed by atoms with Gasteiger partial charge in [0, 0.05) is 18.7 Å². The Morgan fingerprint density at radius 1 is 1.14 bits per heavy atom. The Labute approximate surface area is 168 Å². The van der Waals surface area contributed by atoms with Crippen LogP contribution in [0.5, 0.6) is 0 Å². The molecule has 0 unspecified atom stereocenters. The SMILES string of the molecule is CCc1ccc(-c2nc(CC(=O)NCCOCCN(CC)CC)c(C)o2)cc1. The van der Waals surface area contributed by atoms with E-state index >= 15 is 0 Å². The number of aryl methyl sites for hydroxylation is 2. The average Bonchev–Trinajstić information content (AvgIpc) is 3.07. The molecule has 1 aromatic carbocycles. The van der Waals surface area contributed by atoms with Gasteiger partial charge in [0.2, 0.25) is 11.8 Å². The third-order valence-electron chi connectivity index (χ3n) is 4.84. The van der Waals surface area contributed by atoms with Gasteiger partial charge in [-0.25, -0.2) is 4.98 Å². The van der Waals surface area contributed by atoms with Crippen LogP contribution in [-0.4, -0.2) is 55.2 Å². The topological polar surface area (TPSA) is 67.6 Å².